The maximum absolute atomic E-state index is 12.9. The maximum Gasteiger partial charge on any atom is 0.419 e. The van der Waals surface area contributed by atoms with E-state index >= 15 is 0 Å². The Bertz CT molecular complexity index is 669. The Kier molecular flexibility index (Phi) is 3.78. The zero-order chi connectivity index (χ0) is 15.6. The number of halogens is 3. The second kappa shape index (κ2) is 5.38. The number of ether oxygens (including phenoxy) is 1. The van der Waals surface area contributed by atoms with E-state index in [1.54, 1.807) is 0 Å². The first-order valence-corrected chi connectivity index (χ1v) is 5.57. The molecule has 0 saturated heterocycles. The molecule has 112 valence electrons. The van der Waals surface area contributed by atoms with Gasteiger partial charge in [-0.3, -0.25) is 0 Å². The smallest absolute Gasteiger partial charge is 0.419 e. The molecule has 0 aliphatic carbocycles. The molecule has 1 heterocycles. The van der Waals surface area contributed by atoms with Crippen LogP contribution in [-0.2, 0) is 19.8 Å². The summed E-state index contributed by atoms with van der Waals surface area (Å²) >= 11 is 0. The average Bonchev–Trinajstić information content (AvgIpc) is 2.81. The summed E-state index contributed by atoms with van der Waals surface area (Å²) in [6.45, 7) is -0.316. The normalized spacial score (nSPS) is 11.4. The fourth-order valence-electron chi connectivity index (χ4n) is 1.53. The Hall–Kier alpha value is -2.65. The third-order valence-electron chi connectivity index (χ3n) is 2.44. The van der Waals surface area contributed by atoms with Gasteiger partial charge in [-0.25, -0.2) is 4.79 Å². The average molecular weight is 302 g/mol. The third-order valence-corrected chi connectivity index (χ3v) is 2.44. The highest BCUT2D eigenvalue weighted by Crippen LogP contribution is 2.37. The van der Waals surface area contributed by atoms with E-state index in [2.05, 4.69) is 15.4 Å². The van der Waals surface area contributed by atoms with E-state index < -0.39 is 29.0 Å². The van der Waals surface area contributed by atoms with Crippen LogP contribution in [0.25, 0.3) is 0 Å². The zero-order valence-corrected chi connectivity index (χ0v) is 10.6. The van der Waals surface area contributed by atoms with Gasteiger partial charge in [0, 0.05) is 0 Å². The lowest BCUT2D eigenvalue weighted by atomic mass is 10.1. The molecule has 0 fully saturated rings. The molecule has 10 heteroatoms. The topological polar surface area (TPSA) is 90.1 Å². The molecule has 0 aliphatic rings. The zero-order valence-electron chi connectivity index (χ0n) is 10.6. The number of hydrogen-bond acceptors (Lipinski definition) is 5. The van der Waals surface area contributed by atoms with Crippen molar-refractivity contribution in [1.82, 2.24) is 20.2 Å². The van der Waals surface area contributed by atoms with E-state index in [9.17, 15) is 18.0 Å². The number of hydrogen-bond donors (Lipinski definition) is 1. The molecule has 1 aromatic heterocycles. The highest BCUT2D eigenvalue weighted by molar-refractivity contribution is 5.88. The number of aromatic carboxylic acids is 1. The van der Waals surface area contributed by atoms with Crippen molar-refractivity contribution in [2.24, 2.45) is 7.05 Å². The van der Waals surface area contributed by atoms with Crippen molar-refractivity contribution in [3.8, 4) is 5.75 Å². The van der Waals surface area contributed by atoms with Gasteiger partial charge in [0.15, 0.2) is 6.61 Å². The number of nitrogens with zero attached hydrogens (tertiary/aromatic N) is 4. The van der Waals surface area contributed by atoms with Gasteiger partial charge in [-0.2, -0.15) is 18.0 Å². The van der Waals surface area contributed by atoms with E-state index in [4.69, 9.17) is 9.84 Å². The Labute approximate surface area is 115 Å². The molecule has 2 rings (SSSR count). The van der Waals surface area contributed by atoms with E-state index in [0.29, 0.717) is 6.07 Å². The van der Waals surface area contributed by atoms with Crippen molar-refractivity contribution in [3.63, 3.8) is 0 Å². The molecule has 1 N–H and O–H groups in total. The molecule has 0 atom stereocenters. The van der Waals surface area contributed by atoms with Gasteiger partial charge in [0.2, 0.25) is 5.82 Å². The standard InChI is InChI=1S/C11H9F3N4O3/c1-18-16-9(15-17-18)5-21-8-3-2-6(10(19)20)4-7(8)11(12,13)14/h2-4H,5H2,1H3,(H,19,20). The van der Waals surface area contributed by atoms with Crippen LogP contribution in [0.3, 0.4) is 0 Å². The Morgan fingerprint density at radius 2 is 2.14 bits per heavy atom. The van der Waals surface area contributed by atoms with E-state index in [1.165, 1.54) is 7.05 Å². The largest absolute Gasteiger partial charge is 0.485 e. The minimum Gasteiger partial charge on any atom is -0.485 e. The highest BCUT2D eigenvalue weighted by atomic mass is 19.4. The van der Waals surface area contributed by atoms with Crippen molar-refractivity contribution in [3.05, 3.63) is 35.2 Å². The first-order valence-electron chi connectivity index (χ1n) is 5.57. The monoisotopic (exact) mass is 302 g/mol. The minimum atomic E-state index is -4.74. The number of rotatable bonds is 4. The molecule has 0 bridgehead atoms. The fourth-order valence-corrected chi connectivity index (χ4v) is 1.53. The van der Waals surface area contributed by atoms with Gasteiger partial charge in [0.05, 0.1) is 18.2 Å². The van der Waals surface area contributed by atoms with E-state index in [-0.39, 0.29) is 12.4 Å². The number of carboxylic acid groups (broad SMARTS) is 1. The quantitative estimate of drug-likeness (QED) is 0.920. The first-order chi connectivity index (χ1) is 9.77. The first kappa shape index (κ1) is 14.8. The number of tetrazole rings is 1. The van der Waals surface area contributed by atoms with Gasteiger partial charge in [0.25, 0.3) is 0 Å². The van der Waals surface area contributed by atoms with Gasteiger partial charge < -0.3 is 9.84 Å². The highest BCUT2D eigenvalue weighted by Gasteiger charge is 2.35. The number of alkyl halides is 3. The summed E-state index contributed by atoms with van der Waals surface area (Å²) in [7, 11) is 1.50. The molecule has 0 aliphatic heterocycles. The number of aromatic nitrogens is 4. The summed E-state index contributed by atoms with van der Waals surface area (Å²) in [5.74, 6) is -1.85. The molecule has 0 radical (unpaired) electrons. The van der Waals surface area contributed by atoms with Gasteiger partial charge in [-0.15, -0.1) is 10.2 Å². The van der Waals surface area contributed by atoms with Crippen LogP contribution in [-0.4, -0.2) is 31.3 Å². The maximum atomic E-state index is 12.9. The molecule has 0 saturated carbocycles. The molecule has 2 aromatic rings. The second-order valence-electron chi connectivity index (χ2n) is 4.00. The van der Waals surface area contributed by atoms with Crippen LogP contribution in [0.1, 0.15) is 21.7 Å². The summed E-state index contributed by atoms with van der Waals surface area (Å²) in [5.41, 5.74) is -1.65. The van der Waals surface area contributed by atoms with Crippen molar-refractivity contribution in [2.45, 2.75) is 12.8 Å². The molecular formula is C11H9F3N4O3. The Morgan fingerprint density at radius 3 is 2.67 bits per heavy atom. The minimum absolute atomic E-state index is 0.105. The number of benzene rings is 1. The molecule has 0 amide bonds. The lowest BCUT2D eigenvalue weighted by Crippen LogP contribution is -2.11. The lowest BCUT2D eigenvalue weighted by molar-refractivity contribution is -0.139. The lowest BCUT2D eigenvalue weighted by Gasteiger charge is -2.13. The van der Waals surface area contributed by atoms with Gasteiger partial charge in [0.1, 0.15) is 5.75 Å². The van der Waals surface area contributed by atoms with Crippen molar-refractivity contribution in [1.29, 1.82) is 0 Å². The van der Waals surface area contributed by atoms with Crippen LogP contribution in [0.15, 0.2) is 18.2 Å². The summed E-state index contributed by atoms with van der Waals surface area (Å²) in [5, 5.41) is 19.6. The van der Waals surface area contributed by atoms with Crippen LogP contribution in [0.2, 0.25) is 0 Å². The van der Waals surface area contributed by atoms with E-state index in [1.807, 2.05) is 0 Å². The van der Waals surface area contributed by atoms with Crippen LogP contribution >= 0.6 is 0 Å². The van der Waals surface area contributed by atoms with Gasteiger partial charge >= 0.3 is 12.1 Å². The van der Waals surface area contributed by atoms with Gasteiger partial charge in [-0.05, 0) is 23.4 Å². The number of carboxylic acids is 1. The molecular weight excluding hydrogens is 293 g/mol. The Morgan fingerprint density at radius 1 is 1.43 bits per heavy atom. The Balaban J connectivity index is 2.27. The van der Waals surface area contributed by atoms with Crippen molar-refractivity contribution >= 4 is 5.97 Å². The predicted molar refractivity (Wildman–Crippen MR) is 61.5 cm³/mol. The summed E-state index contributed by atoms with van der Waals surface area (Å²) in [6, 6.07) is 2.49. The second-order valence-corrected chi connectivity index (χ2v) is 4.00. The van der Waals surface area contributed by atoms with Crippen LogP contribution < -0.4 is 4.74 Å². The van der Waals surface area contributed by atoms with Crippen molar-refractivity contribution in [2.75, 3.05) is 0 Å². The molecule has 7 nitrogen and oxygen atoms in total. The summed E-state index contributed by atoms with van der Waals surface area (Å²) in [4.78, 5) is 11.9. The van der Waals surface area contributed by atoms with Crippen LogP contribution in [0, 0.1) is 0 Å². The number of aryl methyl sites for hydroxylation is 1. The molecule has 0 spiro atoms. The molecule has 0 unspecified atom stereocenters. The third kappa shape index (κ3) is 3.46. The van der Waals surface area contributed by atoms with Crippen LogP contribution in [0.4, 0.5) is 13.2 Å². The fraction of sp³-hybridized carbons (Fsp3) is 0.273. The van der Waals surface area contributed by atoms with Crippen LogP contribution in [0.5, 0.6) is 5.75 Å². The number of carbonyl (C=O) groups is 1. The van der Waals surface area contributed by atoms with Gasteiger partial charge in [-0.1, -0.05) is 0 Å². The molecule has 1 aromatic carbocycles. The summed E-state index contributed by atoms with van der Waals surface area (Å²) in [6.07, 6.45) is -4.74. The molecule has 21 heavy (non-hydrogen) atoms. The van der Waals surface area contributed by atoms with Crippen molar-refractivity contribution < 1.29 is 27.8 Å². The summed E-state index contributed by atoms with van der Waals surface area (Å²) < 4.78 is 43.7. The predicted octanol–water partition coefficient (Wildman–Crippen LogP) is 1.51. The SMILES string of the molecule is Cn1nnc(COc2ccc(C(=O)O)cc2C(F)(F)F)n1. The van der Waals surface area contributed by atoms with E-state index in [0.717, 1.165) is 16.9 Å².